The second kappa shape index (κ2) is 9.21. The van der Waals surface area contributed by atoms with E-state index < -0.39 is 0 Å². The average molecular weight is 433 g/mol. The van der Waals surface area contributed by atoms with E-state index in [2.05, 4.69) is 33.1 Å². The Morgan fingerprint density at radius 2 is 1.92 bits per heavy atom. The zero-order valence-electron chi connectivity index (χ0n) is 14.7. The highest BCUT2D eigenvalue weighted by atomic mass is 79.9. The first-order chi connectivity index (χ1) is 11.5. The molecule has 3 rings (SSSR count). The van der Waals surface area contributed by atoms with Crippen LogP contribution in [0.3, 0.4) is 0 Å². The topological polar surface area (TPSA) is 44.8 Å². The van der Waals surface area contributed by atoms with Gasteiger partial charge in [0.1, 0.15) is 5.75 Å². The van der Waals surface area contributed by atoms with Gasteiger partial charge in [-0.15, -0.1) is 12.4 Å². The molecule has 1 aromatic rings. The second-order valence-corrected chi connectivity index (χ2v) is 8.05. The Morgan fingerprint density at radius 3 is 2.52 bits per heavy atom. The first-order valence-electron chi connectivity index (χ1n) is 8.63. The maximum absolute atomic E-state index is 12.3. The Labute approximate surface area is 164 Å². The van der Waals surface area contributed by atoms with Crippen molar-refractivity contribution in [2.75, 3.05) is 52.4 Å². The lowest BCUT2D eigenvalue weighted by atomic mass is 9.89. The molecule has 1 unspecified atom stereocenters. The highest BCUT2D eigenvalue weighted by Gasteiger charge is 2.32. The van der Waals surface area contributed by atoms with E-state index in [4.69, 9.17) is 4.74 Å². The van der Waals surface area contributed by atoms with Crippen LogP contribution in [0.5, 0.6) is 5.75 Å². The average Bonchev–Trinajstić information content (AvgIpc) is 3.01. The first-order valence-corrected chi connectivity index (χ1v) is 9.43. The van der Waals surface area contributed by atoms with Gasteiger partial charge in [-0.05, 0) is 42.6 Å². The van der Waals surface area contributed by atoms with Crippen molar-refractivity contribution >= 4 is 34.2 Å². The van der Waals surface area contributed by atoms with Crippen molar-refractivity contribution in [3.63, 3.8) is 0 Å². The SMILES string of the molecule is CC1(CN2CCN(C(=O)COc3ccc(Br)cc3)CC2)CCNC1.Cl. The zero-order chi connectivity index (χ0) is 17.0. The number of halogens is 2. The molecule has 0 aromatic heterocycles. The molecule has 25 heavy (non-hydrogen) atoms. The molecule has 1 amide bonds. The van der Waals surface area contributed by atoms with E-state index in [9.17, 15) is 4.79 Å². The summed E-state index contributed by atoms with van der Waals surface area (Å²) in [6, 6.07) is 7.56. The van der Waals surface area contributed by atoms with Crippen LogP contribution >= 0.6 is 28.3 Å². The maximum atomic E-state index is 12.3. The van der Waals surface area contributed by atoms with Gasteiger partial charge in [0.15, 0.2) is 6.61 Å². The maximum Gasteiger partial charge on any atom is 0.260 e. The molecule has 0 radical (unpaired) electrons. The lowest BCUT2D eigenvalue weighted by Gasteiger charge is -2.38. The number of hydrogen-bond acceptors (Lipinski definition) is 4. The molecule has 2 aliphatic heterocycles. The predicted octanol–water partition coefficient (Wildman–Crippen LogP) is 2.39. The van der Waals surface area contributed by atoms with E-state index in [-0.39, 0.29) is 24.9 Å². The molecular formula is C18H27BrClN3O2. The van der Waals surface area contributed by atoms with Crippen molar-refractivity contribution in [2.24, 2.45) is 5.41 Å². The molecule has 2 fully saturated rings. The van der Waals surface area contributed by atoms with Crippen molar-refractivity contribution < 1.29 is 9.53 Å². The fourth-order valence-corrected chi connectivity index (χ4v) is 3.73. The number of benzene rings is 1. The zero-order valence-corrected chi connectivity index (χ0v) is 17.1. The summed E-state index contributed by atoms with van der Waals surface area (Å²) in [6.45, 7) is 9.34. The molecule has 5 nitrogen and oxygen atoms in total. The standard InChI is InChI=1S/C18H26BrN3O2.ClH/c1-18(6-7-20-13-18)14-21-8-10-22(11-9-21)17(23)12-24-16-4-2-15(19)3-5-16;/h2-5,20H,6-14H2,1H3;1H. The number of carbonyl (C=O) groups is 1. The molecule has 1 N–H and O–H groups in total. The normalized spacial score (nSPS) is 24.0. The van der Waals surface area contributed by atoms with Crippen LogP contribution in [-0.4, -0.2) is 68.1 Å². The van der Waals surface area contributed by atoms with Gasteiger partial charge in [-0.2, -0.15) is 0 Å². The molecule has 2 heterocycles. The van der Waals surface area contributed by atoms with E-state index in [0.29, 0.717) is 5.41 Å². The number of rotatable bonds is 5. The summed E-state index contributed by atoms with van der Waals surface area (Å²) in [7, 11) is 0. The minimum absolute atomic E-state index is 0. The fraction of sp³-hybridized carbons (Fsp3) is 0.611. The number of carbonyl (C=O) groups excluding carboxylic acids is 1. The minimum Gasteiger partial charge on any atom is -0.484 e. The van der Waals surface area contributed by atoms with Crippen LogP contribution in [0.1, 0.15) is 13.3 Å². The molecule has 140 valence electrons. The number of piperazine rings is 1. The third kappa shape index (κ3) is 5.84. The molecule has 2 saturated heterocycles. The molecule has 2 aliphatic rings. The predicted molar refractivity (Wildman–Crippen MR) is 105 cm³/mol. The largest absolute Gasteiger partial charge is 0.484 e. The molecule has 1 atom stereocenters. The minimum atomic E-state index is 0. The number of hydrogen-bond donors (Lipinski definition) is 1. The third-order valence-corrected chi connectivity index (χ3v) is 5.49. The molecular weight excluding hydrogens is 406 g/mol. The Bertz CT molecular complexity index is 556. The quantitative estimate of drug-likeness (QED) is 0.776. The first kappa shape index (κ1) is 20.5. The monoisotopic (exact) mass is 431 g/mol. The smallest absolute Gasteiger partial charge is 0.260 e. The van der Waals surface area contributed by atoms with Crippen molar-refractivity contribution in [3.8, 4) is 5.75 Å². The highest BCUT2D eigenvalue weighted by Crippen LogP contribution is 2.26. The van der Waals surface area contributed by atoms with Crippen LogP contribution in [0.4, 0.5) is 0 Å². The van der Waals surface area contributed by atoms with Gasteiger partial charge in [-0.1, -0.05) is 22.9 Å². The lowest BCUT2D eigenvalue weighted by molar-refractivity contribution is -0.135. The Morgan fingerprint density at radius 1 is 1.24 bits per heavy atom. The number of nitrogens with one attached hydrogen (secondary N) is 1. The van der Waals surface area contributed by atoms with Crippen LogP contribution in [0.2, 0.25) is 0 Å². The molecule has 0 aliphatic carbocycles. The summed E-state index contributed by atoms with van der Waals surface area (Å²) in [5, 5.41) is 3.45. The van der Waals surface area contributed by atoms with Crippen molar-refractivity contribution in [3.05, 3.63) is 28.7 Å². The molecule has 0 spiro atoms. The summed E-state index contributed by atoms with van der Waals surface area (Å²) < 4.78 is 6.60. The summed E-state index contributed by atoms with van der Waals surface area (Å²) in [6.07, 6.45) is 1.24. The number of amides is 1. The van der Waals surface area contributed by atoms with Gasteiger partial charge in [0.05, 0.1) is 0 Å². The third-order valence-electron chi connectivity index (χ3n) is 4.96. The number of nitrogens with zero attached hydrogens (tertiary/aromatic N) is 2. The van der Waals surface area contributed by atoms with Gasteiger partial charge >= 0.3 is 0 Å². The Hall–Kier alpha value is -0.820. The Kier molecular flexibility index (Phi) is 7.55. The fourth-order valence-electron chi connectivity index (χ4n) is 3.47. The number of ether oxygens (including phenoxy) is 1. The van der Waals surface area contributed by atoms with E-state index in [1.165, 1.54) is 6.42 Å². The summed E-state index contributed by atoms with van der Waals surface area (Å²) in [5.41, 5.74) is 0.386. The van der Waals surface area contributed by atoms with Gasteiger partial charge in [0.25, 0.3) is 5.91 Å². The summed E-state index contributed by atoms with van der Waals surface area (Å²) in [4.78, 5) is 16.7. The molecule has 1 aromatic carbocycles. The van der Waals surface area contributed by atoms with Crippen LogP contribution < -0.4 is 10.1 Å². The van der Waals surface area contributed by atoms with Gasteiger partial charge < -0.3 is 15.0 Å². The van der Waals surface area contributed by atoms with E-state index in [0.717, 1.165) is 56.0 Å². The van der Waals surface area contributed by atoms with Gasteiger partial charge in [0.2, 0.25) is 0 Å². The van der Waals surface area contributed by atoms with Crippen molar-refractivity contribution in [2.45, 2.75) is 13.3 Å². The van der Waals surface area contributed by atoms with Crippen LogP contribution in [0, 0.1) is 5.41 Å². The van der Waals surface area contributed by atoms with Gasteiger partial charge in [-0.3, -0.25) is 9.69 Å². The highest BCUT2D eigenvalue weighted by molar-refractivity contribution is 9.10. The van der Waals surface area contributed by atoms with E-state index >= 15 is 0 Å². The molecule has 0 saturated carbocycles. The van der Waals surface area contributed by atoms with E-state index in [1.807, 2.05) is 29.2 Å². The molecule has 0 bridgehead atoms. The second-order valence-electron chi connectivity index (χ2n) is 7.14. The van der Waals surface area contributed by atoms with Crippen LogP contribution in [-0.2, 0) is 4.79 Å². The van der Waals surface area contributed by atoms with Crippen molar-refractivity contribution in [1.29, 1.82) is 0 Å². The summed E-state index contributed by atoms with van der Waals surface area (Å²) >= 11 is 3.39. The van der Waals surface area contributed by atoms with Crippen LogP contribution in [0.25, 0.3) is 0 Å². The van der Waals surface area contributed by atoms with Crippen LogP contribution in [0.15, 0.2) is 28.7 Å². The van der Waals surface area contributed by atoms with Gasteiger partial charge in [-0.25, -0.2) is 0 Å². The van der Waals surface area contributed by atoms with Gasteiger partial charge in [0, 0.05) is 43.7 Å². The van der Waals surface area contributed by atoms with E-state index in [1.54, 1.807) is 0 Å². The summed E-state index contributed by atoms with van der Waals surface area (Å²) in [5.74, 6) is 0.804. The molecule has 7 heteroatoms. The lowest BCUT2D eigenvalue weighted by Crippen LogP contribution is -2.52. The Balaban J connectivity index is 0.00000225. The van der Waals surface area contributed by atoms with Crippen molar-refractivity contribution in [1.82, 2.24) is 15.1 Å².